The van der Waals surface area contributed by atoms with E-state index in [0.717, 1.165) is 22.1 Å². The molecule has 2 aliphatic carbocycles. The number of rotatable bonds is 3. The number of amides is 1. The molecular weight excluding hydrogens is 306 g/mol. The van der Waals surface area contributed by atoms with E-state index in [9.17, 15) is 9.90 Å². The molecule has 3 aliphatic rings. The summed E-state index contributed by atoms with van der Waals surface area (Å²) in [4.78, 5) is 13.2. The molecule has 108 valence electrons. The zero-order valence-corrected chi connectivity index (χ0v) is 12.8. The first-order valence-electron chi connectivity index (χ1n) is 6.96. The average molecular weight is 320 g/mol. The number of thioether (sulfide) groups is 1. The predicted molar refractivity (Wildman–Crippen MR) is 84.1 cm³/mol. The van der Waals surface area contributed by atoms with Crippen LogP contribution >= 0.6 is 23.4 Å². The van der Waals surface area contributed by atoms with Gasteiger partial charge in [0.15, 0.2) is 0 Å². The van der Waals surface area contributed by atoms with Crippen LogP contribution in [0, 0.1) is 11.8 Å². The average Bonchev–Trinajstić information content (AvgIpc) is 2.94. The van der Waals surface area contributed by atoms with E-state index in [4.69, 9.17) is 11.6 Å². The number of benzene rings is 1. The van der Waals surface area contributed by atoms with Gasteiger partial charge in [-0.3, -0.25) is 4.79 Å². The third kappa shape index (κ3) is 2.27. The number of allylic oxidation sites excluding steroid dienone is 3. The van der Waals surface area contributed by atoms with Crippen molar-refractivity contribution in [2.75, 3.05) is 5.75 Å². The summed E-state index contributed by atoms with van der Waals surface area (Å²) in [6.07, 6.45) is 3.46. The van der Waals surface area contributed by atoms with E-state index in [-0.39, 0.29) is 11.7 Å². The Kier molecular flexibility index (Phi) is 3.05. The summed E-state index contributed by atoms with van der Waals surface area (Å²) in [5.41, 5.74) is 3.64. The molecule has 1 amide bonds. The summed E-state index contributed by atoms with van der Waals surface area (Å²) < 4.78 is 0. The van der Waals surface area contributed by atoms with Crippen molar-refractivity contribution < 1.29 is 9.90 Å². The first-order chi connectivity index (χ1) is 10.1. The van der Waals surface area contributed by atoms with Crippen molar-refractivity contribution in [3.63, 3.8) is 0 Å². The van der Waals surface area contributed by atoms with Crippen LogP contribution in [0.15, 0.2) is 40.3 Å². The number of halogens is 1. The highest BCUT2D eigenvalue weighted by molar-refractivity contribution is 8.04. The van der Waals surface area contributed by atoms with Gasteiger partial charge in [0.2, 0.25) is 0 Å². The van der Waals surface area contributed by atoms with E-state index in [2.05, 4.69) is 11.4 Å². The fourth-order valence-electron chi connectivity index (χ4n) is 3.10. The van der Waals surface area contributed by atoms with E-state index in [1.807, 2.05) is 0 Å². The third-order valence-electron chi connectivity index (χ3n) is 4.34. The summed E-state index contributed by atoms with van der Waals surface area (Å²) in [6, 6.07) is 4.98. The molecule has 0 aromatic heterocycles. The number of nitrogens with one attached hydrogen (secondary N) is 1. The van der Waals surface area contributed by atoms with Crippen molar-refractivity contribution in [1.29, 1.82) is 0 Å². The summed E-state index contributed by atoms with van der Waals surface area (Å²) in [7, 11) is 0. The lowest BCUT2D eigenvalue weighted by Crippen LogP contribution is -2.23. The van der Waals surface area contributed by atoms with Crippen molar-refractivity contribution in [3.8, 4) is 5.75 Å². The Bertz CT molecular complexity index is 710. The lowest BCUT2D eigenvalue weighted by molar-refractivity contribution is -0.117. The maximum Gasteiger partial charge on any atom is 0.258 e. The molecule has 0 radical (unpaired) electrons. The van der Waals surface area contributed by atoms with E-state index in [1.54, 1.807) is 30.0 Å². The zero-order chi connectivity index (χ0) is 14.6. The number of hydrogen-bond donors (Lipinski definition) is 2. The van der Waals surface area contributed by atoms with Gasteiger partial charge in [-0.05, 0) is 35.6 Å². The number of carbonyl (C=O) groups excluding carboxylic acids is 1. The second-order valence-electron chi connectivity index (χ2n) is 5.70. The highest BCUT2D eigenvalue weighted by atomic mass is 35.5. The van der Waals surface area contributed by atoms with Crippen LogP contribution in [0.2, 0.25) is 5.02 Å². The quantitative estimate of drug-likeness (QED) is 0.899. The molecule has 1 saturated carbocycles. The molecule has 1 aliphatic heterocycles. The molecule has 1 fully saturated rings. The van der Waals surface area contributed by atoms with E-state index < -0.39 is 0 Å². The van der Waals surface area contributed by atoms with Gasteiger partial charge in [0.05, 0.1) is 9.93 Å². The van der Waals surface area contributed by atoms with Crippen LogP contribution in [0.3, 0.4) is 0 Å². The summed E-state index contributed by atoms with van der Waals surface area (Å²) >= 11 is 7.54. The summed E-state index contributed by atoms with van der Waals surface area (Å²) in [5, 5.41) is 12.6. The van der Waals surface area contributed by atoms with Gasteiger partial charge < -0.3 is 10.4 Å². The fourth-order valence-corrected chi connectivity index (χ4v) is 4.64. The van der Waals surface area contributed by atoms with E-state index in [1.165, 1.54) is 17.6 Å². The normalized spacial score (nSPS) is 25.5. The van der Waals surface area contributed by atoms with Crippen LogP contribution in [0.1, 0.15) is 12.0 Å². The molecule has 0 bridgehead atoms. The van der Waals surface area contributed by atoms with Crippen LogP contribution in [0.25, 0.3) is 0 Å². The first-order valence-corrected chi connectivity index (χ1v) is 8.33. The second-order valence-corrected chi connectivity index (χ2v) is 7.14. The highest BCUT2D eigenvalue weighted by Gasteiger charge is 2.48. The van der Waals surface area contributed by atoms with Crippen molar-refractivity contribution in [1.82, 2.24) is 5.32 Å². The van der Waals surface area contributed by atoms with Crippen LogP contribution in [-0.2, 0) is 11.3 Å². The fraction of sp³-hybridized carbons (Fsp3) is 0.312. The Morgan fingerprint density at radius 1 is 1.43 bits per heavy atom. The molecule has 1 aromatic carbocycles. The molecule has 2 atom stereocenters. The Balaban J connectivity index is 1.46. The minimum atomic E-state index is -0.000141. The van der Waals surface area contributed by atoms with Gasteiger partial charge >= 0.3 is 0 Å². The monoisotopic (exact) mass is 319 g/mol. The number of aromatic hydroxyl groups is 1. The van der Waals surface area contributed by atoms with E-state index >= 15 is 0 Å². The highest BCUT2D eigenvalue weighted by Crippen LogP contribution is 2.58. The molecule has 2 unspecified atom stereocenters. The van der Waals surface area contributed by atoms with Gasteiger partial charge in [0, 0.05) is 18.2 Å². The Labute approximate surface area is 132 Å². The zero-order valence-electron chi connectivity index (χ0n) is 11.2. The van der Waals surface area contributed by atoms with Gasteiger partial charge in [0.1, 0.15) is 5.75 Å². The van der Waals surface area contributed by atoms with Crippen LogP contribution in [0.5, 0.6) is 5.75 Å². The number of carbonyl (C=O) groups is 1. The lowest BCUT2D eigenvalue weighted by atomic mass is 10.00. The van der Waals surface area contributed by atoms with Crippen molar-refractivity contribution in [3.05, 3.63) is 50.9 Å². The van der Waals surface area contributed by atoms with Gasteiger partial charge in [-0.15, -0.1) is 11.8 Å². The predicted octanol–water partition coefficient (Wildman–Crippen LogP) is 3.24. The molecule has 1 aromatic rings. The van der Waals surface area contributed by atoms with Gasteiger partial charge in [-0.2, -0.15) is 0 Å². The second kappa shape index (κ2) is 4.82. The SMILES string of the molecule is O=C(NCc1ccc(O)c(Cl)c1)C1=C2C=C3CC3C2CS1. The third-order valence-corrected chi connectivity index (χ3v) is 5.88. The molecule has 0 spiro atoms. The smallest absolute Gasteiger partial charge is 0.258 e. The minimum absolute atomic E-state index is 0.000141. The van der Waals surface area contributed by atoms with Crippen molar-refractivity contribution in [2.24, 2.45) is 11.8 Å². The Hall–Kier alpha value is -1.39. The molecule has 2 N–H and O–H groups in total. The molecule has 4 rings (SSSR count). The van der Waals surface area contributed by atoms with Gasteiger partial charge in [-0.25, -0.2) is 0 Å². The Morgan fingerprint density at radius 2 is 2.29 bits per heavy atom. The molecule has 3 nitrogen and oxygen atoms in total. The number of phenols is 1. The molecule has 21 heavy (non-hydrogen) atoms. The minimum Gasteiger partial charge on any atom is -0.506 e. The molecule has 1 heterocycles. The van der Waals surface area contributed by atoms with Gasteiger partial charge in [0.25, 0.3) is 5.91 Å². The number of phenolic OH excluding ortho intramolecular Hbond substituents is 1. The summed E-state index contributed by atoms with van der Waals surface area (Å²) in [6.45, 7) is 0.417. The molecule has 0 saturated heterocycles. The topological polar surface area (TPSA) is 49.3 Å². The number of fused-ring (bicyclic) bond motifs is 3. The lowest BCUT2D eigenvalue weighted by Gasteiger charge is -2.08. The van der Waals surface area contributed by atoms with Crippen molar-refractivity contribution >= 4 is 29.3 Å². The van der Waals surface area contributed by atoms with Crippen LogP contribution < -0.4 is 5.32 Å². The maximum absolute atomic E-state index is 12.3. The molecule has 5 heteroatoms. The van der Waals surface area contributed by atoms with E-state index in [0.29, 0.717) is 17.5 Å². The van der Waals surface area contributed by atoms with Crippen LogP contribution in [-0.4, -0.2) is 16.8 Å². The molecular formula is C16H14ClNO2S. The first kappa shape index (κ1) is 13.3. The van der Waals surface area contributed by atoms with Gasteiger partial charge in [-0.1, -0.05) is 29.3 Å². The largest absolute Gasteiger partial charge is 0.506 e. The summed E-state index contributed by atoms with van der Waals surface area (Å²) in [5.74, 6) is 2.40. The maximum atomic E-state index is 12.3. The van der Waals surface area contributed by atoms with Crippen LogP contribution in [0.4, 0.5) is 0 Å². The number of hydrogen-bond acceptors (Lipinski definition) is 3. The Morgan fingerprint density at radius 3 is 3.10 bits per heavy atom. The standard InChI is InChI=1S/C16H14ClNO2S/c17-13-3-8(1-2-14(13)19)6-18-16(20)15-11-5-9-4-10(9)12(11)7-21-15/h1-3,5,10,12,19H,4,6-7H2,(H,18,20). The van der Waals surface area contributed by atoms with Crippen molar-refractivity contribution in [2.45, 2.75) is 13.0 Å².